The molecule has 0 bridgehead atoms. The van der Waals surface area contributed by atoms with Gasteiger partial charge in [-0.3, -0.25) is 24.0 Å². The van der Waals surface area contributed by atoms with E-state index in [0.717, 1.165) is 38.3 Å². The van der Waals surface area contributed by atoms with Crippen molar-refractivity contribution in [2.24, 2.45) is 0 Å². The molecule has 1 amide bonds. The molecule has 47 heavy (non-hydrogen) atoms. The van der Waals surface area contributed by atoms with Crippen LogP contribution in [0.3, 0.4) is 0 Å². The fourth-order valence-corrected chi connectivity index (χ4v) is 5.99. The summed E-state index contributed by atoms with van der Waals surface area (Å²) in [6.45, 7) is 14.0. The third-order valence-corrected chi connectivity index (χ3v) is 8.85. The van der Waals surface area contributed by atoms with Gasteiger partial charge >= 0.3 is 0 Å². The third kappa shape index (κ3) is 8.10. The molecular formula is C35H42ClN7O4. The van der Waals surface area contributed by atoms with Gasteiger partial charge in [-0.2, -0.15) is 4.98 Å². The molecule has 1 aliphatic heterocycles. The molecule has 2 aromatic carbocycles. The molecule has 2 N–H and O–H groups in total. The summed E-state index contributed by atoms with van der Waals surface area (Å²) >= 11 is 6.74. The van der Waals surface area contributed by atoms with Gasteiger partial charge in [0, 0.05) is 86.3 Å². The van der Waals surface area contributed by atoms with E-state index in [1.807, 2.05) is 24.3 Å². The average Bonchev–Trinajstić information content (AvgIpc) is 3.08. The zero-order chi connectivity index (χ0) is 33.5. The second kappa shape index (κ2) is 15.4. The standard InChI is InChI=1S/C35H42ClN7O4/c1-6-31(44)39-26-9-7-24(8-10-26)11-13-43-33-25(19-29(34(43)45)28-20-27(46-4)21-30(47-5)32(28)36)22-38-35(40-33)37-12-14-41-15-17-42(18-16-41)23(2)3/h6-10,19-23H,1,11-18H2,2-5H3,(H,39,44)(H,37,38,40). The lowest BCUT2D eigenvalue weighted by molar-refractivity contribution is -0.111. The number of hydrogen-bond donors (Lipinski definition) is 2. The molecule has 0 unspecified atom stereocenters. The number of amides is 1. The molecule has 3 heterocycles. The summed E-state index contributed by atoms with van der Waals surface area (Å²) in [6, 6.07) is 13.2. The van der Waals surface area contributed by atoms with E-state index in [4.69, 9.17) is 26.1 Å². The van der Waals surface area contributed by atoms with Crippen molar-refractivity contribution in [2.75, 3.05) is 64.1 Å². The highest BCUT2D eigenvalue weighted by atomic mass is 35.5. The number of anilines is 2. The van der Waals surface area contributed by atoms with Gasteiger partial charge in [0.1, 0.15) is 17.1 Å². The summed E-state index contributed by atoms with van der Waals surface area (Å²) in [5.74, 6) is 1.09. The van der Waals surface area contributed by atoms with Crippen molar-refractivity contribution in [2.45, 2.75) is 32.9 Å². The molecule has 1 aliphatic rings. The SMILES string of the molecule is C=CC(=O)Nc1ccc(CCn2c(=O)c(-c3cc(OC)cc(OC)c3Cl)cc3cnc(NCCN4CCN(C(C)C)CC4)nc32)cc1. The van der Waals surface area contributed by atoms with E-state index < -0.39 is 0 Å². The molecule has 0 atom stereocenters. The Kier molecular flexibility index (Phi) is 11.1. The zero-order valence-electron chi connectivity index (χ0n) is 27.4. The van der Waals surface area contributed by atoms with Gasteiger partial charge in [-0.15, -0.1) is 0 Å². The normalized spacial score (nSPS) is 13.9. The molecule has 5 rings (SSSR count). The molecule has 4 aromatic rings. The van der Waals surface area contributed by atoms with Gasteiger partial charge in [-0.05, 0) is 56.2 Å². The maximum atomic E-state index is 14.2. The summed E-state index contributed by atoms with van der Waals surface area (Å²) < 4.78 is 12.6. The van der Waals surface area contributed by atoms with Crippen molar-refractivity contribution in [1.82, 2.24) is 24.3 Å². The van der Waals surface area contributed by atoms with Crippen molar-refractivity contribution in [3.8, 4) is 22.6 Å². The number of fused-ring (bicyclic) bond motifs is 1. The third-order valence-electron chi connectivity index (χ3n) is 8.46. The maximum absolute atomic E-state index is 14.2. The number of hydrogen-bond acceptors (Lipinski definition) is 9. The Morgan fingerprint density at radius 3 is 2.45 bits per heavy atom. The molecule has 1 saturated heterocycles. The van der Waals surface area contributed by atoms with Crippen LogP contribution >= 0.6 is 11.6 Å². The second-order valence-corrected chi connectivity index (χ2v) is 12.1. The summed E-state index contributed by atoms with van der Waals surface area (Å²) in [6.07, 6.45) is 3.49. The summed E-state index contributed by atoms with van der Waals surface area (Å²) in [5.41, 5.74) is 2.78. The molecule has 11 nitrogen and oxygen atoms in total. The summed E-state index contributed by atoms with van der Waals surface area (Å²) in [4.78, 5) is 40.3. The highest BCUT2D eigenvalue weighted by Gasteiger charge is 2.20. The van der Waals surface area contributed by atoms with E-state index in [2.05, 4.69) is 45.8 Å². The van der Waals surface area contributed by atoms with Crippen LogP contribution in [0.1, 0.15) is 19.4 Å². The number of carbonyl (C=O) groups is 1. The van der Waals surface area contributed by atoms with Crippen molar-refractivity contribution >= 4 is 40.2 Å². The monoisotopic (exact) mass is 659 g/mol. The van der Waals surface area contributed by atoms with Crippen LogP contribution in [0.5, 0.6) is 11.5 Å². The Balaban J connectivity index is 1.44. The van der Waals surface area contributed by atoms with E-state index >= 15 is 0 Å². The van der Waals surface area contributed by atoms with Crippen LogP contribution in [-0.2, 0) is 17.8 Å². The van der Waals surface area contributed by atoms with E-state index in [0.29, 0.717) is 75.9 Å². The van der Waals surface area contributed by atoms with Crippen molar-refractivity contribution in [1.29, 1.82) is 0 Å². The van der Waals surface area contributed by atoms with Crippen molar-refractivity contribution in [3.63, 3.8) is 0 Å². The number of ether oxygens (including phenoxy) is 2. The smallest absolute Gasteiger partial charge is 0.260 e. The molecule has 0 saturated carbocycles. The number of halogens is 1. The number of piperazine rings is 1. The Bertz CT molecular complexity index is 1780. The largest absolute Gasteiger partial charge is 0.497 e. The van der Waals surface area contributed by atoms with Gasteiger partial charge in [0.15, 0.2) is 0 Å². The Morgan fingerprint density at radius 2 is 1.79 bits per heavy atom. The highest BCUT2D eigenvalue weighted by Crippen LogP contribution is 2.38. The Morgan fingerprint density at radius 1 is 1.04 bits per heavy atom. The number of methoxy groups -OCH3 is 2. The minimum absolute atomic E-state index is 0.253. The Hall–Kier alpha value is -4.45. The van der Waals surface area contributed by atoms with Gasteiger partial charge in [0.25, 0.3) is 5.56 Å². The first-order chi connectivity index (χ1) is 22.7. The number of pyridine rings is 1. The highest BCUT2D eigenvalue weighted by molar-refractivity contribution is 6.35. The maximum Gasteiger partial charge on any atom is 0.260 e. The average molecular weight is 660 g/mol. The van der Waals surface area contributed by atoms with E-state index in [1.54, 1.807) is 36.1 Å². The number of nitrogens with one attached hydrogen (secondary N) is 2. The molecule has 0 spiro atoms. The van der Waals surface area contributed by atoms with E-state index in [9.17, 15) is 9.59 Å². The minimum atomic E-state index is -0.279. The molecule has 0 aliphatic carbocycles. The van der Waals surface area contributed by atoms with Crippen LogP contribution in [0, 0.1) is 0 Å². The zero-order valence-corrected chi connectivity index (χ0v) is 28.1. The first-order valence-electron chi connectivity index (χ1n) is 15.8. The number of rotatable bonds is 13. The fourth-order valence-electron chi connectivity index (χ4n) is 5.70. The first kappa shape index (κ1) is 33.9. The van der Waals surface area contributed by atoms with E-state index in [1.165, 1.54) is 13.2 Å². The van der Waals surface area contributed by atoms with Crippen molar-refractivity contribution in [3.05, 3.63) is 82.3 Å². The van der Waals surface area contributed by atoms with Crippen LogP contribution in [0.25, 0.3) is 22.2 Å². The molecular weight excluding hydrogens is 618 g/mol. The lowest BCUT2D eigenvalue weighted by atomic mass is 10.0. The Labute approximate surface area is 280 Å². The second-order valence-electron chi connectivity index (χ2n) is 11.7. The van der Waals surface area contributed by atoms with Crippen LogP contribution in [-0.4, -0.2) is 89.8 Å². The minimum Gasteiger partial charge on any atom is -0.497 e. The summed E-state index contributed by atoms with van der Waals surface area (Å²) in [7, 11) is 3.07. The number of carbonyl (C=O) groups excluding carboxylic acids is 1. The van der Waals surface area contributed by atoms with Crippen LogP contribution in [0.4, 0.5) is 11.6 Å². The van der Waals surface area contributed by atoms with Gasteiger partial charge in [-0.1, -0.05) is 30.3 Å². The molecule has 2 aromatic heterocycles. The van der Waals surface area contributed by atoms with Gasteiger partial charge in [-0.25, -0.2) is 4.98 Å². The molecule has 0 radical (unpaired) electrons. The number of aryl methyl sites for hydroxylation is 2. The lowest BCUT2D eigenvalue weighted by Crippen LogP contribution is -2.49. The first-order valence-corrected chi connectivity index (χ1v) is 16.1. The van der Waals surface area contributed by atoms with Gasteiger partial charge < -0.3 is 20.1 Å². The predicted octanol–water partition coefficient (Wildman–Crippen LogP) is 4.93. The van der Waals surface area contributed by atoms with Gasteiger partial charge in [0.05, 0.1) is 19.2 Å². The van der Waals surface area contributed by atoms with Crippen molar-refractivity contribution < 1.29 is 14.3 Å². The quantitative estimate of drug-likeness (QED) is 0.193. The lowest BCUT2D eigenvalue weighted by Gasteiger charge is -2.36. The van der Waals surface area contributed by atoms with E-state index in [-0.39, 0.29) is 11.5 Å². The number of aromatic nitrogens is 3. The number of benzene rings is 2. The topological polar surface area (TPSA) is 114 Å². The molecule has 248 valence electrons. The van der Waals surface area contributed by atoms with Gasteiger partial charge in [0.2, 0.25) is 11.9 Å². The van der Waals surface area contributed by atoms with Crippen LogP contribution < -0.4 is 25.7 Å². The predicted molar refractivity (Wildman–Crippen MR) is 188 cm³/mol. The van der Waals surface area contributed by atoms with Crippen LogP contribution in [0.15, 0.2) is 66.1 Å². The van der Waals surface area contributed by atoms with Crippen LogP contribution in [0.2, 0.25) is 5.02 Å². The molecule has 1 fully saturated rings. The fraction of sp³-hybridized carbons (Fsp3) is 0.371. The molecule has 12 heteroatoms. The number of nitrogens with zero attached hydrogens (tertiary/aromatic N) is 5. The summed E-state index contributed by atoms with van der Waals surface area (Å²) in [5, 5.41) is 7.11.